The fourth-order valence-corrected chi connectivity index (χ4v) is 3.74. The molecule has 2 fully saturated rings. The largest absolute Gasteiger partial charge is 0.496 e. The van der Waals surface area contributed by atoms with Crippen molar-refractivity contribution in [2.75, 3.05) is 52.2 Å². The van der Waals surface area contributed by atoms with Gasteiger partial charge in [0, 0.05) is 38.3 Å². The van der Waals surface area contributed by atoms with Crippen molar-refractivity contribution in [2.45, 2.75) is 13.0 Å². The summed E-state index contributed by atoms with van der Waals surface area (Å²) < 4.78 is 10.7. The number of morpholine rings is 1. The molecule has 2 aliphatic heterocycles. The van der Waals surface area contributed by atoms with Crippen LogP contribution < -0.4 is 10.5 Å². The first-order valence-electron chi connectivity index (χ1n) is 8.25. The van der Waals surface area contributed by atoms with Gasteiger partial charge in [-0.15, -0.1) is 0 Å². The van der Waals surface area contributed by atoms with Gasteiger partial charge in [0.1, 0.15) is 5.75 Å². The zero-order chi connectivity index (χ0) is 17.3. The van der Waals surface area contributed by atoms with E-state index >= 15 is 0 Å². The van der Waals surface area contributed by atoms with E-state index in [2.05, 4.69) is 11.8 Å². The van der Waals surface area contributed by atoms with E-state index in [1.165, 1.54) is 7.11 Å². The Kier molecular flexibility index (Phi) is 5.18. The number of carbonyl (C=O) groups is 1. The molecule has 1 aromatic carbocycles. The molecule has 0 spiro atoms. The molecule has 2 unspecified atom stereocenters. The van der Waals surface area contributed by atoms with Crippen molar-refractivity contribution >= 4 is 23.2 Å². The molecule has 6 nitrogen and oxygen atoms in total. The number of nitrogen functional groups attached to an aromatic ring is 1. The van der Waals surface area contributed by atoms with Gasteiger partial charge in [0.2, 0.25) is 0 Å². The van der Waals surface area contributed by atoms with Crippen LogP contribution in [0.25, 0.3) is 0 Å². The zero-order valence-corrected chi connectivity index (χ0v) is 14.9. The van der Waals surface area contributed by atoms with Crippen LogP contribution in [0.5, 0.6) is 5.75 Å². The number of ether oxygens (including phenoxy) is 2. The lowest BCUT2D eigenvalue weighted by Crippen LogP contribution is -2.47. The van der Waals surface area contributed by atoms with E-state index in [0.717, 1.165) is 32.8 Å². The molecule has 2 saturated heterocycles. The average molecular weight is 354 g/mol. The summed E-state index contributed by atoms with van der Waals surface area (Å²) in [5, 5.41) is 0.371. The van der Waals surface area contributed by atoms with Crippen LogP contribution in [0.2, 0.25) is 5.02 Å². The molecule has 24 heavy (non-hydrogen) atoms. The molecule has 0 aliphatic carbocycles. The molecule has 0 saturated carbocycles. The molecule has 2 atom stereocenters. The Morgan fingerprint density at radius 2 is 2.04 bits per heavy atom. The molecule has 2 N–H and O–H groups in total. The highest BCUT2D eigenvalue weighted by molar-refractivity contribution is 6.33. The Bertz CT molecular complexity index is 619. The molecular formula is C17H24ClN3O3. The van der Waals surface area contributed by atoms with E-state index in [-0.39, 0.29) is 5.91 Å². The number of halogens is 1. The first-order valence-corrected chi connectivity index (χ1v) is 8.63. The molecule has 132 valence electrons. The summed E-state index contributed by atoms with van der Waals surface area (Å²) in [5.41, 5.74) is 6.68. The predicted octanol–water partition coefficient (Wildman–Crippen LogP) is 1.72. The third kappa shape index (κ3) is 3.31. The molecule has 1 amide bonds. The van der Waals surface area contributed by atoms with E-state index in [4.69, 9.17) is 26.8 Å². The van der Waals surface area contributed by atoms with E-state index in [1.807, 2.05) is 4.90 Å². The Hall–Kier alpha value is -1.50. The monoisotopic (exact) mass is 353 g/mol. The molecular weight excluding hydrogens is 330 g/mol. The molecule has 1 aromatic rings. The Morgan fingerprint density at radius 3 is 2.71 bits per heavy atom. The summed E-state index contributed by atoms with van der Waals surface area (Å²) in [6.07, 6.45) is 0. The lowest BCUT2D eigenvalue weighted by atomic mass is 10.0. The normalized spacial score (nSPS) is 25.0. The summed E-state index contributed by atoms with van der Waals surface area (Å²) in [6.45, 7) is 7.01. The van der Waals surface area contributed by atoms with Crippen molar-refractivity contribution in [2.24, 2.45) is 5.92 Å². The lowest BCUT2D eigenvalue weighted by molar-refractivity contribution is 0.0119. The van der Waals surface area contributed by atoms with E-state index in [9.17, 15) is 4.79 Å². The molecule has 7 heteroatoms. The van der Waals surface area contributed by atoms with Crippen molar-refractivity contribution in [1.82, 2.24) is 9.80 Å². The number of likely N-dealkylation sites (tertiary alicyclic amines) is 1. The lowest BCUT2D eigenvalue weighted by Gasteiger charge is -2.34. The number of benzene rings is 1. The maximum absolute atomic E-state index is 13.0. The van der Waals surface area contributed by atoms with Crippen LogP contribution in [0, 0.1) is 5.92 Å². The third-order valence-corrected chi connectivity index (χ3v) is 5.25. The highest BCUT2D eigenvalue weighted by Gasteiger charge is 2.37. The smallest absolute Gasteiger partial charge is 0.257 e. The maximum Gasteiger partial charge on any atom is 0.257 e. The second-order valence-electron chi connectivity index (χ2n) is 6.48. The molecule has 2 aliphatic rings. The van der Waals surface area contributed by atoms with Crippen LogP contribution >= 0.6 is 11.6 Å². The number of hydrogen-bond acceptors (Lipinski definition) is 5. The van der Waals surface area contributed by atoms with E-state index < -0.39 is 0 Å². The van der Waals surface area contributed by atoms with E-state index in [1.54, 1.807) is 12.1 Å². The maximum atomic E-state index is 13.0. The van der Waals surface area contributed by atoms with Crippen LogP contribution in [0.15, 0.2) is 12.1 Å². The number of nitrogens with zero attached hydrogens (tertiary/aromatic N) is 2. The average Bonchev–Trinajstić information content (AvgIpc) is 2.99. The SMILES string of the molecule is COc1cc(N)c(Cl)cc1C(=O)N1CC(C)C(N2CCOCC2)C1. The van der Waals surface area contributed by atoms with Gasteiger partial charge in [-0.25, -0.2) is 0 Å². The predicted molar refractivity (Wildman–Crippen MR) is 93.7 cm³/mol. The highest BCUT2D eigenvalue weighted by Crippen LogP contribution is 2.31. The summed E-state index contributed by atoms with van der Waals surface area (Å²) in [6, 6.07) is 3.58. The topological polar surface area (TPSA) is 68.0 Å². The standard InChI is InChI=1S/C17H24ClN3O3/c1-11-9-21(10-15(11)20-3-5-24-6-4-20)17(22)12-7-13(18)14(19)8-16(12)23-2/h7-8,11,15H,3-6,9-10,19H2,1-2H3. The minimum absolute atomic E-state index is 0.0589. The van der Waals surface area contributed by atoms with Crippen molar-refractivity contribution in [3.8, 4) is 5.75 Å². The van der Waals surface area contributed by atoms with Gasteiger partial charge in [0.15, 0.2) is 0 Å². The van der Waals surface area contributed by atoms with Crippen molar-refractivity contribution in [3.63, 3.8) is 0 Å². The number of rotatable bonds is 3. The summed E-state index contributed by atoms with van der Waals surface area (Å²) in [5.74, 6) is 0.822. The van der Waals surface area contributed by atoms with Gasteiger partial charge >= 0.3 is 0 Å². The number of amides is 1. The van der Waals surface area contributed by atoms with Crippen LogP contribution in [-0.4, -0.2) is 68.3 Å². The van der Waals surface area contributed by atoms with Crippen LogP contribution in [0.3, 0.4) is 0 Å². The minimum atomic E-state index is -0.0589. The molecule has 3 rings (SSSR count). The second-order valence-corrected chi connectivity index (χ2v) is 6.88. The first-order chi connectivity index (χ1) is 11.5. The summed E-state index contributed by atoms with van der Waals surface area (Å²) in [4.78, 5) is 17.3. The molecule has 0 radical (unpaired) electrons. The highest BCUT2D eigenvalue weighted by atomic mass is 35.5. The molecule has 0 bridgehead atoms. The summed E-state index contributed by atoms with van der Waals surface area (Å²) >= 11 is 6.10. The van der Waals surface area contributed by atoms with Crippen molar-refractivity contribution in [1.29, 1.82) is 0 Å². The van der Waals surface area contributed by atoms with E-state index in [0.29, 0.717) is 40.5 Å². The Morgan fingerprint density at radius 1 is 1.33 bits per heavy atom. The van der Waals surface area contributed by atoms with Gasteiger partial charge in [-0.1, -0.05) is 18.5 Å². The van der Waals surface area contributed by atoms with Gasteiger partial charge in [0.25, 0.3) is 5.91 Å². The molecule has 2 heterocycles. The first kappa shape index (κ1) is 17.3. The van der Waals surface area contributed by atoms with Gasteiger partial charge in [-0.3, -0.25) is 9.69 Å². The van der Waals surface area contributed by atoms with Gasteiger partial charge in [-0.05, 0) is 12.0 Å². The number of carbonyl (C=O) groups excluding carboxylic acids is 1. The van der Waals surface area contributed by atoms with Crippen molar-refractivity contribution < 1.29 is 14.3 Å². The minimum Gasteiger partial charge on any atom is -0.496 e. The van der Waals surface area contributed by atoms with Gasteiger partial charge < -0.3 is 20.1 Å². The number of hydrogen-bond donors (Lipinski definition) is 1. The third-order valence-electron chi connectivity index (χ3n) is 4.92. The number of methoxy groups -OCH3 is 1. The quantitative estimate of drug-likeness (QED) is 0.838. The van der Waals surface area contributed by atoms with Crippen LogP contribution in [-0.2, 0) is 4.74 Å². The second kappa shape index (κ2) is 7.17. The van der Waals surface area contributed by atoms with Crippen LogP contribution in [0.1, 0.15) is 17.3 Å². The zero-order valence-electron chi connectivity index (χ0n) is 14.1. The number of anilines is 1. The van der Waals surface area contributed by atoms with Gasteiger partial charge in [0.05, 0.1) is 36.6 Å². The molecule has 0 aromatic heterocycles. The van der Waals surface area contributed by atoms with Gasteiger partial charge in [-0.2, -0.15) is 0 Å². The fourth-order valence-electron chi connectivity index (χ4n) is 3.58. The van der Waals surface area contributed by atoms with Crippen LogP contribution in [0.4, 0.5) is 5.69 Å². The number of nitrogens with two attached hydrogens (primary N) is 1. The Labute approximate surface area is 147 Å². The Balaban J connectivity index is 1.77. The summed E-state index contributed by atoms with van der Waals surface area (Å²) in [7, 11) is 1.53. The van der Waals surface area contributed by atoms with Crippen molar-refractivity contribution in [3.05, 3.63) is 22.7 Å². The fraction of sp³-hybridized carbons (Fsp3) is 0.588.